The third-order valence-electron chi connectivity index (χ3n) is 3.42. The molecule has 0 aliphatic carbocycles. The lowest BCUT2D eigenvalue weighted by Gasteiger charge is -2.07. The third-order valence-corrected chi connectivity index (χ3v) is 3.42. The van der Waals surface area contributed by atoms with Gasteiger partial charge in [-0.1, -0.05) is 64.0 Å². The van der Waals surface area contributed by atoms with Crippen molar-refractivity contribution in [3.63, 3.8) is 0 Å². The summed E-state index contributed by atoms with van der Waals surface area (Å²) in [6.45, 7) is 10.8. The molecular weight excluding hydrogens is 228 g/mol. The maximum Gasteiger partial charge on any atom is -0.0199 e. The Kier molecular flexibility index (Phi) is 13.1. The van der Waals surface area contributed by atoms with E-state index in [4.69, 9.17) is 0 Å². The van der Waals surface area contributed by atoms with Gasteiger partial charge in [-0.3, -0.25) is 0 Å². The molecule has 0 aromatic rings. The average Bonchev–Trinajstić information content (AvgIpc) is 2.39. The Morgan fingerprint density at radius 2 is 1.58 bits per heavy atom. The van der Waals surface area contributed by atoms with Gasteiger partial charge >= 0.3 is 0 Å². The van der Waals surface area contributed by atoms with Crippen LogP contribution in [0.4, 0.5) is 0 Å². The molecule has 0 spiro atoms. The molecule has 0 N–H and O–H groups in total. The Hall–Kier alpha value is -0.780. The van der Waals surface area contributed by atoms with Crippen LogP contribution >= 0.6 is 0 Å². The standard InChI is InChI=1S/C19H34/c1-5-7-8-13-16-19(6-2)17-14-11-9-10-12-15-18(3)4/h6,8-9,11,13,18-19H,2,5,7,10,12,14-17H2,1,3-4H3. The lowest BCUT2D eigenvalue weighted by molar-refractivity contribution is 0.559. The molecule has 0 aromatic carbocycles. The van der Waals surface area contributed by atoms with E-state index < -0.39 is 0 Å². The van der Waals surface area contributed by atoms with Crippen molar-refractivity contribution < 1.29 is 0 Å². The normalized spacial score (nSPS) is 13.7. The fourth-order valence-electron chi connectivity index (χ4n) is 2.08. The van der Waals surface area contributed by atoms with E-state index in [2.05, 4.69) is 57.7 Å². The van der Waals surface area contributed by atoms with Crippen LogP contribution in [0.1, 0.15) is 72.1 Å². The summed E-state index contributed by atoms with van der Waals surface area (Å²) in [7, 11) is 0. The molecule has 1 unspecified atom stereocenters. The number of unbranched alkanes of at least 4 members (excludes halogenated alkanes) is 2. The zero-order valence-corrected chi connectivity index (χ0v) is 13.4. The van der Waals surface area contributed by atoms with Gasteiger partial charge in [0.1, 0.15) is 0 Å². The molecule has 0 saturated heterocycles. The Morgan fingerprint density at radius 3 is 2.21 bits per heavy atom. The second-order valence-corrected chi connectivity index (χ2v) is 5.87. The van der Waals surface area contributed by atoms with Gasteiger partial charge in [0.05, 0.1) is 0 Å². The van der Waals surface area contributed by atoms with Crippen LogP contribution in [-0.4, -0.2) is 0 Å². The van der Waals surface area contributed by atoms with Crippen molar-refractivity contribution in [2.75, 3.05) is 0 Å². The van der Waals surface area contributed by atoms with Crippen LogP contribution in [0.25, 0.3) is 0 Å². The largest absolute Gasteiger partial charge is 0.103 e. The van der Waals surface area contributed by atoms with E-state index in [0.29, 0.717) is 5.92 Å². The minimum absolute atomic E-state index is 0.647. The highest BCUT2D eigenvalue weighted by atomic mass is 14.0. The number of allylic oxidation sites excluding steroid dienone is 5. The highest BCUT2D eigenvalue weighted by Gasteiger charge is 1.99. The predicted octanol–water partition coefficient (Wildman–Crippen LogP) is 6.70. The van der Waals surface area contributed by atoms with Crippen LogP contribution in [0.2, 0.25) is 0 Å². The summed E-state index contributed by atoms with van der Waals surface area (Å²) in [4.78, 5) is 0. The van der Waals surface area contributed by atoms with Gasteiger partial charge in [-0.05, 0) is 50.4 Å². The van der Waals surface area contributed by atoms with Crippen molar-refractivity contribution in [2.24, 2.45) is 11.8 Å². The topological polar surface area (TPSA) is 0 Å². The first-order valence-corrected chi connectivity index (χ1v) is 8.13. The fraction of sp³-hybridized carbons (Fsp3) is 0.684. The van der Waals surface area contributed by atoms with E-state index in [1.807, 2.05) is 0 Å². The van der Waals surface area contributed by atoms with Crippen molar-refractivity contribution in [1.29, 1.82) is 0 Å². The van der Waals surface area contributed by atoms with Crippen molar-refractivity contribution in [2.45, 2.75) is 72.1 Å². The van der Waals surface area contributed by atoms with Crippen LogP contribution in [0.3, 0.4) is 0 Å². The fourth-order valence-corrected chi connectivity index (χ4v) is 2.08. The van der Waals surface area contributed by atoms with Gasteiger partial charge in [0.2, 0.25) is 0 Å². The molecule has 0 bridgehead atoms. The molecule has 0 radical (unpaired) electrons. The first-order valence-electron chi connectivity index (χ1n) is 8.13. The molecule has 0 aromatic heterocycles. The molecule has 0 heteroatoms. The number of hydrogen-bond donors (Lipinski definition) is 0. The van der Waals surface area contributed by atoms with Crippen molar-refractivity contribution >= 4 is 0 Å². The van der Waals surface area contributed by atoms with Gasteiger partial charge in [0, 0.05) is 0 Å². The zero-order valence-electron chi connectivity index (χ0n) is 13.4. The summed E-state index contributed by atoms with van der Waals surface area (Å²) in [5.74, 6) is 1.49. The van der Waals surface area contributed by atoms with Gasteiger partial charge in [0.25, 0.3) is 0 Å². The summed E-state index contributed by atoms with van der Waals surface area (Å²) in [5, 5.41) is 0. The van der Waals surface area contributed by atoms with Crippen LogP contribution in [0.5, 0.6) is 0 Å². The Balaban J connectivity index is 3.60. The molecule has 0 nitrogen and oxygen atoms in total. The number of hydrogen-bond acceptors (Lipinski definition) is 0. The first-order chi connectivity index (χ1) is 9.20. The molecule has 0 rings (SSSR count). The van der Waals surface area contributed by atoms with Crippen LogP contribution in [0.15, 0.2) is 37.0 Å². The molecule has 0 amide bonds. The van der Waals surface area contributed by atoms with Gasteiger partial charge in [-0.2, -0.15) is 0 Å². The molecule has 19 heavy (non-hydrogen) atoms. The summed E-state index contributed by atoms with van der Waals surface area (Å²) in [6.07, 6.45) is 21.4. The Morgan fingerprint density at radius 1 is 0.895 bits per heavy atom. The average molecular weight is 262 g/mol. The smallest absolute Gasteiger partial charge is 0.0199 e. The van der Waals surface area contributed by atoms with Crippen molar-refractivity contribution in [3.8, 4) is 0 Å². The second kappa shape index (κ2) is 13.6. The highest BCUT2D eigenvalue weighted by Crippen LogP contribution is 2.14. The van der Waals surface area contributed by atoms with E-state index in [9.17, 15) is 0 Å². The van der Waals surface area contributed by atoms with E-state index in [-0.39, 0.29) is 0 Å². The Bertz CT molecular complexity index is 245. The maximum absolute atomic E-state index is 3.95. The van der Waals surface area contributed by atoms with Crippen LogP contribution in [0, 0.1) is 11.8 Å². The summed E-state index contributed by atoms with van der Waals surface area (Å²) < 4.78 is 0. The molecule has 0 aliphatic heterocycles. The summed E-state index contributed by atoms with van der Waals surface area (Å²) >= 11 is 0. The van der Waals surface area contributed by atoms with Crippen molar-refractivity contribution in [1.82, 2.24) is 0 Å². The molecule has 0 fully saturated rings. The minimum atomic E-state index is 0.647. The monoisotopic (exact) mass is 262 g/mol. The lowest BCUT2D eigenvalue weighted by atomic mass is 9.98. The second-order valence-electron chi connectivity index (χ2n) is 5.87. The van der Waals surface area contributed by atoms with Gasteiger partial charge in [-0.25, -0.2) is 0 Å². The third kappa shape index (κ3) is 13.5. The van der Waals surface area contributed by atoms with Crippen LogP contribution < -0.4 is 0 Å². The quantitative estimate of drug-likeness (QED) is 0.271. The van der Waals surface area contributed by atoms with Gasteiger partial charge in [0.15, 0.2) is 0 Å². The highest BCUT2D eigenvalue weighted by molar-refractivity contribution is 4.91. The Labute approximate surface area is 121 Å². The predicted molar refractivity (Wildman–Crippen MR) is 89.4 cm³/mol. The number of rotatable bonds is 12. The summed E-state index contributed by atoms with van der Waals surface area (Å²) in [6, 6.07) is 0. The molecule has 110 valence electrons. The van der Waals surface area contributed by atoms with Crippen molar-refractivity contribution in [3.05, 3.63) is 37.0 Å². The molecule has 0 saturated carbocycles. The van der Waals surface area contributed by atoms with Gasteiger partial charge < -0.3 is 0 Å². The van der Waals surface area contributed by atoms with E-state index in [1.54, 1.807) is 0 Å². The molecular formula is C19H34. The lowest BCUT2D eigenvalue weighted by Crippen LogP contribution is -1.93. The van der Waals surface area contributed by atoms with E-state index in [0.717, 1.165) is 12.3 Å². The van der Waals surface area contributed by atoms with E-state index in [1.165, 1.54) is 44.9 Å². The van der Waals surface area contributed by atoms with Crippen LogP contribution in [-0.2, 0) is 0 Å². The zero-order chi connectivity index (χ0) is 14.3. The van der Waals surface area contributed by atoms with E-state index >= 15 is 0 Å². The SMILES string of the molecule is C=CC(CC=CCCC)CCC=CCCCC(C)C. The summed E-state index contributed by atoms with van der Waals surface area (Å²) in [5.41, 5.74) is 0. The molecule has 1 atom stereocenters. The van der Waals surface area contributed by atoms with Gasteiger partial charge in [-0.15, -0.1) is 6.58 Å². The maximum atomic E-state index is 3.95. The minimum Gasteiger partial charge on any atom is -0.103 e. The molecule has 0 heterocycles. The first kappa shape index (κ1) is 18.2. The molecule has 0 aliphatic rings.